The molecule has 0 saturated heterocycles. The average Bonchev–Trinajstić information content (AvgIpc) is 3.26. The summed E-state index contributed by atoms with van der Waals surface area (Å²) in [6.07, 6.45) is 6.27. The normalized spacial score (nSPS) is 13.2. The number of fused-ring (bicyclic) bond motifs is 2. The molecule has 0 unspecified atom stereocenters. The third kappa shape index (κ3) is 3.95. The van der Waals surface area contributed by atoms with Gasteiger partial charge in [-0.25, -0.2) is 4.98 Å². The van der Waals surface area contributed by atoms with Crippen molar-refractivity contribution in [2.75, 3.05) is 4.90 Å². The zero-order chi connectivity index (χ0) is 21.4. The molecule has 1 aliphatic rings. The minimum Gasteiger partial charge on any atom is -0.278 e. The van der Waals surface area contributed by atoms with Gasteiger partial charge in [-0.15, -0.1) is 0 Å². The van der Waals surface area contributed by atoms with Crippen molar-refractivity contribution in [2.24, 2.45) is 0 Å². The number of nitrogens with zero attached hydrogens (tertiary/aromatic N) is 3. The molecule has 1 aliphatic carbocycles. The zero-order valence-corrected chi connectivity index (χ0v) is 18.8. The minimum absolute atomic E-state index is 0.0631. The van der Waals surface area contributed by atoms with Gasteiger partial charge in [0.25, 0.3) is 5.91 Å². The first-order chi connectivity index (χ1) is 15.1. The molecule has 2 aromatic heterocycles. The maximum absolute atomic E-state index is 13.7. The molecule has 156 valence electrons. The van der Waals surface area contributed by atoms with Crippen molar-refractivity contribution in [3.05, 3.63) is 87.7 Å². The number of pyridine rings is 1. The molecule has 4 nitrogen and oxygen atoms in total. The summed E-state index contributed by atoms with van der Waals surface area (Å²) < 4.78 is 0.904. The van der Waals surface area contributed by atoms with E-state index in [1.165, 1.54) is 35.3 Å². The number of thiazole rings is 1. The van der Waals surface area contributed by atoms with Crippen molar-refractivity contribution in [3.63, 3.8) is 0 Å². The van der Waals surface area contributed by atoms with E-state index in [0.717, 1.165) is 34.3 Å². The topological polar surface area (TPSA) is 46.1 Å². The molecule has 0 fully saturated rings. The van der Waals surface area contributed by atoms with Crippen LogP contribution in [0.3, 0.4) is 0 Å². The molecule has 0 bridgehead atoms. The van der Waals surface area contributed by atoms with Crippen molar-refractivity contribution in [3.8, 4) is 0 Å². The van der Waals surface area contributed by atoms with E-state index in [9.17, 15) is 4.79 Å². The fourth-order valence-corrected chi connectivity index (χ4v) is 5.42. The van der Waals surface area contributed by atoms with Gasteiger partial charge < -0.3 is 0 Å². The Kier molecular flexibility index (Phi) is 5.47. The molecule has 0 atom stereocenters. The van der Waals surface area contributed by atoms with Gasteiger partial charge in [0.05, 0.1) is 27.5 Å². The highest BCUT2D eigenvalue weighted by molar-refractivity contribution is 7.23. The number of carbonyl (C=O) groups excluding carboxylic acids is 1. The van der Waals surface area contributed by atoms with Gasteiger partial charge in [-0.3, -0.25) is 14.7 Å². The Hall–Kier alpha value is -2.76. The van der Waals surface area contributed by atoms with E-state index in [1.54, 1.807) is 11.1 Å². The Morgan fingerprint density at radius 2 is 1.94 bits per heavy atom. The van der Waals surface area contributed by atoms with E-state index in [4.69, 9.17) is 16.6 Å². The summed E-state index contributed by atoms with van der Waals surface area (Å²) in [6, 6.07) is 15.7. The van der Waals surface area contributed by atoms with Crippen LogP contribution in [-0.2, 0) is 19.4 Å². The monoisotopic (exact) mass is 447 g/mol. The van der Waals surface area contributed by atoms with Crippen molar-refractivity contribution < 1.29 is 4.79 Å². The van der Waals surface area contributed by atoms with E-state index in [1.807, 2.05) is 43.3 Å². The van der Waals surface area contributed by atoms with Gasteiger partial charge in [-0.05, 0) is 79.6 Å². The van der Waals surface area contributed by atoms with Crippen molar-refractivity contribution in [2.45, 2.75) is 39.2 Å². The molecule has 6 heteroatoms. The molecular weight excluding hydrogens is 426 g/mol. The van der Waals surface area contributed by atoms with E-state index in [2.05, 4.69) is 17.1 Å². The van der Waals surface area contributed by atoms with Crippen LogP contribution in [0.4, 0.5) is 5.13 Å². The average molecular weight is 448 g/mol. The molecule has 0 saturated carbocycles. The standard InChI is InChI=1S/C25H22ClN3OS/c1-16-9-12-21(26)23-22(16)28-25(31-23)29(15-20-8-4-5-13-27-20)24(30)19-11-10-17-6-2-3-7-18(17)14-19/h4-5,8-14H,2-3,6-7,15H2,1H3. The lowest BCUT2D eigenvalue weighted by Crippen LogP contribution is -2.31. The first-order valence-corrected chi connectivity index (χ1v) is 11.7. The molecule has 0 spiro atoms. The lowest BCUT2D eigenvalue weighted by Gasteiger charge is -2.21. The number of halogens is 1. The van der Waals surface area contributed by atoms with Crippen molar-refractivity contribution in [1.29, 1.82) is 0 Å². The van der Waals surface area contributed by atoms with Gasteiger partial charge in [-0.1, -0.05) is 41.1 Å². The zero-order valence-electron chi connectivity index (χ0n) is 17.3. The highest BCUT2D eigenvalue weighted by Crippen LogP contribution is 2.36. The number of aryl methyl sites for hydroxylation is 3. The Morgan fingerprint density at radius 3 is 2.71 bits per heavy atom. The van der Waals surface area contributed by atoms with Crippen LogP contribution in [0.2, 0.25) is 5.02 Å². The summed E-state index contributed by atoms with van der Waals surface area (Å²) in [5, 5.41) is 1.29. The largest absolute Gasteiger partial charge is 0.278 e. The number of benzene rings is 2. The van der Waals surface area contributed by atoms with Gasteiger partial charge >= 0.3 is 0 Å². The van der Waals surface area contributed by atoms with E-state index >= 15 is 0 Å². The number of carbonyl (C=O) groups is 1. The molecule has 0 N–H and O–H groups in total. The second kappa shape index (κ2) is 8.40. The van der Waals surface area contributed by atoms with E-state index in [0.29, 0.717) is 22.3 Å². The molecule has 4 aromatic rings. The fourth-order valence-electron chi connectivity index (χ4n) is 4.11. The Balaban J connectivity index is 1.58. The predicted octanol–water partition coefficient (Wildman–Crippen LogP) is 6.38. The second-order valence-electron chi connectivity index (χ2n) is 7.94. The summed E-state index contributed by atoms with van der Waals surface area (Å²) in [5.41, 5.74) is 6.05. The molecule has 0 radical (unpaired) electrons. The van der Waals surface area contributed by atoms with Gasteiger partial charge in [-0.2, -0.15) is 0 Å². The highest BCUT2D eigenvalue weighted by atomic mass is 35.5. The summed E-state index contributed by atoms with van der Waals surface area (Å²) in [6.45, 7) is 2.36. The number of rotatable bonds is 4. The number of hydrogen-bond acceptors (Lipinski definition) is 4. The van der Waals surface area contributed by atoms with Crippen LogP contribution in [0.15, 0.2) is 54.7 Å². The van der Waals surface area contributed by atoms with Crippen LogP contribution in [-0.4, -0.2) is 15.9 Å². The first-order valence-electron chi connectivity index (χ1n) is 10.5. The summed E-state index contributed by atoms with van der Waals surface area (Å²) in [5.74, 6) is -0.0631. The molecule has 31 heavy (non-hydrogen) atoms. The van der Waals surface area contributed by atoms with Crippen LogP contribution in [0.1, 0.15) is 45.6 Å². The molecule has 2 aromatic carbocycles. The number of hydrogen-bond donors (Lipinski definition) is 0. The van der Waals surface area contributed by atoms with Gasteiger partial charge in [0.15, 0.2) is 5.13 Å². The summed E-state index contributed by atoms with van der Waals surface area (Å²) in [7, 11) is 0. The molecule has 5 rings (SSSR count). The summed E-state index contributed by atoms with van der Waals surface area (Å²) >= 11 is 7.89. The molecule has 0 aliphatic heterocycles. The Bertz CT molecular complexity index is 1230. The van der Waals surface area contributed by atoms with Gasteiger partial charge in [0.1, 0.15) is 0 Å². The number of anilines is 1. The summed E-state index contributed by atoms with van der Waals surface area (Å²) in [4.78, 5) is 24.7. The SMILES string of the molecule is Cc1ccc(Cl)c2sc(N(Cc3ccccn3)C(=O)c3ccc4c(c3)CCCC4)nc12. The van der Waals surface area contributed by atoms with Gasteiger partial charge in [0.2, 0.25) is 0 Å². The molecule has 2 heterocycles. The van der Waals surface area contributed by atoms with Crippen LogP contribution in [0.5, 0.6) is 0 Å². The van der Waals surface area contributed by atoms with Gasteiger partial charge in [0, 0.05) is 11.8 Å². The second-order valence-corrected chi connectivity index (χ2v) is 9.33. The maximum atomic E-state index is 13.7. The van der Waals surface area contributed by atoms with Crippen LogP contribution in [0.25, 0.3) is 10.2 Å². The maximum Gasteiger partial charge on any atom is 0.260 e. The molecular formula is C25H22ClN3OS. The number of aromatic nitrogens is 2. The third-order valence-corrected chi connectivity index (χ3v) is 7.34. The lowest BCUT2D eigenvalue weighted by molar-refractivity contribution is 0.0984. The lowest BCUT2D eigenvalue weighted by atomic mass is 9.90. The van der Waals surface area contributed by atoms with Crippen LogP contribution in [0, 0.1) is 6.92 Å². The minimum atomic E-state index is -0.0631. The fraction of sp³-hybridized carbons (Fsp3) is 0.240. The molecule has 1 amide bonds. The van der Waals surface area contributed by atoms with E-state index < -0.39 is 0 Å². The van der Waals surface area contributed by atoms with E-state index in [-0.39, 0.29) is 5.91 Å². The van der Waals surface area contributed by atoms with Crippen molar-refractivity contribution in [1.82, 2.24) is 9.97 Å². The van der Waals surface area contributed by atoms with Crippen molar-refractivity contribution >= 4 is 44.2 Å². The van der Waals surface area contributed by atoms with Crippen LogP contribution >= 0.6 is 22.9 Å². The Labute approximate surface area is 190 Å². The number of amides is 1. The Morgan fingerprint density at radius 1 is 1.10 bits per heavy atom. The smallest absolute Gasteiger partial charge is 0.260 e. The quantitative estimate of drug-likeness (QED) is 0.364. The third-order valence-electron chi connectivity index (χ3n) is 5.80. The predicted molar refractivity (Wildman–Crippen MR) is 127 cm³/mol. The first kappa shape index (κ1) is 20.2. The van der Waals surface area contributed by atoms with Crippen LogP contribution < -0.4 is 4.90 Å². The highest BCUT2D eigenvalue weighted by Gasteiger charge is 2.24.